The molecule has 1 aliphatic heterocycles. The van der Waals surface area contributed by atoms with Gasteiger partial charge in [-0.1, -0.05) is 50.3 Å². The molecule has 0 radical (unpaired) electrons. The molecule has 8 nitrogen and oxygen atoms in total. The Labute approximate surface area is 202 Å². The molecule has 1 aliphatic rings. The molecule has 1 aromatic heterocycles. The van der Waals surface area contributed by atoms with E-state index < -0.39 is 5.92 Å². The van der Waals surface area contributed by atoms with Crippen LogP contribution in [0.25, 0.3) is 0 Å². The van der Waals surface area contributed by atoms with Crippen molar-refractivity contribution in [2.75, 3.05) is 22.1 Å². The zero-order valence-corrected chi connectivity index (χ0v) is 20.2. The number of carbonyl (C=O) groups is 3. The molecular weight excluding hydrogens is 450 g/mol. The van der Waals surface area contributed by atoms with Crippen molar-refractivity contribution in [3.05, 3.63) is 65.2 Å². The van der Waals surface area contributed by atoms with Crippen LogP contribution < -0.4 is 15.5 Å². The monoisotopic (exact) mass is 477 g/mol. The summed E-state index contributed by atoms with van der Waals surface area (Å²) in [6, 6.07) is 15.9. The third-order valence-corrected chi connectivity index (χ3v) is 6.19. The maximum atomic E-state index is 12.7. The number of benzene rings is 2. The number of anilines is 3. The summed E-state index contributed by atoms with van der Waals surface area (Å²) in [6.07, 6.45) is 0.949. The van der Waals surface area contributed by atoms with Crippen LogP contribution >= 0.6 is 11.3 Å². The first-order valence-electron chi connectivity index (χ1n) is 11.1. The highest BCUT2D eigenvalue weighted by Crippen LogP contribution is 2.27. The Kier molecular flexibility index (Phi) is 6.74. The summed E-state index contributed by atoms with van der Waals surface area (Å²) in [5.41, 5.74) is 1.89. The Balaban J connectivity index is 1.32. The summed E-state index contributed by atoms with van der Waals surface area (Å²) >= 11 is 1.36. The summed E-state index contributed by atoms with van der Waals surface area (Å²) < 4.78 is 0. The molecular formula is C25H27N5O3S. The molecule has 2 N–H and O–H groups in total. The maximum absolute atomic E-state index is 12.7. The van der Waals surface area contributed by atoms with E-state index >= 15 is 0 Å². The average Bonchev–Trinajstić information content (AvgIpc) is 3.39. The number of para-hydroxylation sites is 1. The molecule has 3 amide bonds. The van der Waals surface area contributed by atoms with Gasteiger partial charge in [0.1, 0.15) is 5.01 Å². The van der Waals surface area contributed by atoms with Crippen LogP contribution in [0.5, 0.6) is 0 Å². The average molecular weight is 478 g/mol. The number of nitrogens with zero attached hydrogens (tertiary/aromatic N) is 3. The largest absolute Gasteiger partial charge is 0.326 e. The van der Waals surface area contributed by atoms with Crippen molar-refractivity contribution in [2.45, 2.75) is 33.6 Å². The van der Waals surface area contributed by atoms with Gasteiger partial charge in [0, 0.05) is 36.3 Å². The normalized spacial score (nSPS) is 15.9. The van der Waals surface area contributed by atoms with Crippen LogP contribution in [0.1, 0.15) is 42.6 Å². The minimum Gasteiger partial charge on any atom is -0.326 e. The fraction of sp³-hybridized carbons (Fsp3) is 0.320. The van der Waals surface area contributed by atoms with Crippen LogP contribution in [0, 0.1) is 11.3 Å². The predicted molar refractivity (Wildman–Crippen MR) is 133 cm³/mol. The molecule has 34 heavy (non-hydrogen) atoms. The summed E-state index contributed by atoms with van der Waals surface area (Å²) in [5, 5.41) is 15.1. The van der Waals surface area contributed by atoms with Crippen molar-refractivity contribution in [2.24, 2.45) is 11.3 Å². The van der Waals surface area contributed by atoms with Gasteiger partial charge in [-0.2, -0.15) is 0 Å². The number of amides is 3. The molecule has 4 rings (SSSR count). The second kappa shape index (κ2) is 9.72. The summed E-state index contributed by atoms with van der Waals surface area (Å²) in [5.74, 6) is -1.02. The molecule has 0 aliphatic carbocycles. The topological polar surface area (TPSA) is 104 Å². The van der Waals surface area contributed by atoms with Gasteiger partial charge in [-0.15, -0.1) is 10.2 Å². The lowest BCUT2D eigenvalue weighted by Crippen LogP contribution is -2.28. The minimum atomic E-state index is -0.435. The highest BCUT2D eigenvalue weighted by atomic mass is 32.1. The van der Waals surface area contributed by atoms with Gasteiger partial charge in [-0.3, -0.25) is 19.7 Å². The van der Waals surface area contributed by atoms with Gasteiger partial charge in [0.05, 0.1) is 5.92 Å². The Hall–Kier alpha value is -3.59. The van der Waals surface area contributed by atoms with E-state index in [4.69, 9.17) is 0 Å². The fourth-order valence-corrected chi connectivity index (χ4v) is 4.72. The van der Waals surface area contributed by atoms with Crippen LogP contribution in [-0.4, -0.2) is 34.5 Å². The molecule has 1 saturated heterocycles. The Morgan fingerprint density at radius 3 is 2.41 bits per heavy atom. The summed E-state index contributed by atoms with van der Waals surface area (Å²) in [6.45, 7) is 6.71. The summed E-state index contributed by atoms with van der Waals surface area (Å²) in [7, 11) is 0. The van der Waals surface area contributed by atoms with E-state index in [1.807, 2.05) is 30.3 Å². The zero-order valence-electron chi connectivity index (χ0n) is 19.4. The lowest BCUT2D eigenvalue weighted by atomic mass is 9.93. The van der Waals surface area contributed by atoms with Crippen LogP contribution in [0.4, 0.5) is 16.5 Å². The van der Waals surface area contributed by atoms with Gasteiger partial charge in [0.15, 0.2) is 0 Å². The van der Waals surface area contributed by atoms with Crippen LogP contribution in [0.2, 0.25) is 0 Å². The fourth-order valence-electron chi connectivity index (χ4n) is 3.69. The number of nitrogens with one attached hydrogen (secondary N) is 2. The third-order valence-electron chi connectivity index (χ3n) is 5.35. The van der Waals surface area contributed by atoms with Gasteiger partial charge >= 0.3 is 0 Å². The highest BCUT2D eigenvalue weighted by molar-refractivity contribution is 7.15. The van der Waals surface area contributed by atoms with Crippen LogP contribution in [0.15, 0.2) is 54.6 Å². The highest BCUT2D eigenvalue weighted by Gasteiger charge is 2.35. The first-order valence-corrected chi connectivity index (χ1v) is 11.9. The van der Waals surface area contributed by atoms with Crippen molar-refractivity contribution in [1.29, 1.82) is 0 Å². The molecule has 0 spiro atoms. The predicted octanol–water partition coefficient (Wildman–Crippen LogP) is 4.37. The Bertz CT molecular complexity index is 1190. The first kappa shape index (κ1) is 23.6. The molecule has 2 aromatic carbocycles. The van der Waals surface area contributed by atoms with E-state index in [9.17, 15) is 14.4 Å². The van der Waals surface area contributed by atoms with Gasteiger partial charge in [-0.25, -0.2) is 0 Å². The van der Waals surface area contributed by atoms with Gasteiger partial charge in [-0.05, 0) is 41.8 Å². The zero-order chi connectivity index (χ0) is 24.3. The van der Waals surface area contributed by atoms with Crippen molar-refractivity contribution in [1.82, 2.24) is 10.2 Å². The van der Waals surface area contributed by atoms with Crippen LogP contribution in [-0.2, 0) is 16.0 Å². The standard InChI is InChI=1S/C25H27N5O3S/c1-25(2,3)14-20-28-29-24(34-20)27-22(32)16-9-11-18(12-10-16)26-23(33)17-13-21(31)30(15-17)19-7-5-4-6-8-19/h4-12,17H,13-15H2,1-3H3,(H,26,33)(H,27,29,32). The number of carbonyl (C=O) groups excluding carboxylic acids is 3. The second-order valence-electron chi connectivity index (χ2n) is 9.50. The van der Waals surface area contributed by atoms with Gasteiger partial charge in [0.2, 0.25) is 16.9 Å². The smallest absolute Gasteiger partial charge is 0.257 e. The van der Waals surface area contributed by atoms with Crippen molar-refractivity contribution in [3.8, 4) is 0 Å². The Morgan fingerprint density at radius 1 is 1.03 bits per heavy atom. The minimum absolute atomic E-state index is 0.0688. The second-order valence-corrected chi connectivity index (χ2v) is 10.6. The molecule has 1 unspecified atom stereocenters. The van der Waals surface area contributed by atoms with Crippen LogP contribution in [0.3, 0.4) is 0 Å². The molecule has 9 heteroatoms. The first-order chi connectivity index (χ1) is 16.2. The molecule has 1 atom stereocenters. The van der Waals surface area contributed by atoms with E-state index in [0.717, 1.165) is 17.1 Å². The van der Waals surface area contributed by atoms with Crippen molar-refractivity contribution in [3.63, 3.8) is 0 Å². The van der Waals surface area contributed by atoms with Crippen molar-refractivity contribution >= 4 is 45.6 Å². The number of rotatable bonds is 6. The van der Waals surface area contributed by atoms with E-state index in [2.05, 4.69) is 41.6 Å². The number of hydrogen-bond acceptors (Lipinski definition) is 6. The molecule has 0 bridgehead atoms. The molecule has 2 heterocycles. The molecule has 1 fully saturated rings. The van der Waals surface area contributed by atoms with Gasteiger partial charge < -0.3 is 10.2 Å². The molecule has 3 aromatic rings. The Morgan fingerprint density at radius 2 is 1.74 bits per heavy atom. The SMILES string of the molecule is CC(C)(C)Cc1nnc(NC(=O)c2ccc(NC(=O)C3CC(=O)N(c4ccccc4)C3)cc2)s1. The van der Waals surface area contributed by atoms with Crippen molar-refractivity contribution < 1.29 is 14.4 Å². The molecule has 176 valence electrons. The number of hydrogen-bond donors (Lipinski definition) is 2. The quantitative estimate of drug-likeness (QED) is 0.549. The van der Waals surface area contributed by atoms with E-state index in [0.29, 0.717) is 22.9 Å². The van der Waals surface area contributed by atoms with E-state index in [1.165, 1.54) is 11.3 Å². The van der Waals surface area contributed by atoms with E-state index in [1.54, 1.807) is 29.2 Å². The lowest BCUT2D eigenvalue weighted by molar-refractivity contribution is -0.122. The van der Waals surface area contributed by atoms with Gasteiger partial charge in [0.25, 0.3) is 5.91 Å². The molecule has 0 saturated carbocycles. The summed E-state index contributed by atoms with van der Waals surface area (Å²) in [4.78, 5) is 39.3. The third kappa shape index (κ3) is 5.85. The van der Waals surface area contributed by atoms with E-state index in [-0.39, 0.29) is 29.6 Å². The lowest BCUT2D eigenvalue weighted by Gasteiger charge is -2.16. The maximum Gasteiger partial charge on any atom is 0.257 e. The number of aromatic nitrogens is 2.